The van der Waals surface area contributed by atoms with Crippen LogP contribution < -0.4 is 14.8 Å². The van der Waals surface area contributed by atoms with Gasteiger partial charge in [-0.1, -0.05) is 24.3 Å². The first-order valence-electron chi connectivity index (χ1n) is 9.14. The SMILES string of the molecule is COc1cccc(CNc2ccc3nc(-c4cccc([N+](=O)[O-])c4)c(OC)n3n2)c1. The van der Waals surface area contributed by atoms with E-state index in [9.17, 15) is 10.1 Å². The lowest BCUT2D eigenvalue weighted by Gasteiger charge is -2.08. The van der Waals surface area contributed by atoms with Crippen molar-refractivity contribution in [2.45, 2.75) is 6.54 Å². The first kappa shape index (κ1) is 19.2. The molecule has 0 saturated carbocycles. The minimum atomic E-state index is -0.440. The van der Waals surface area contributed by atoms with Crippen molar-refractivity contribution in [2.24, 2.45) is 0 Å². The molecule has 0 aliphatic rings. The summed E-state index contributed by atoms with van der Waals surface area (Å²) >= 11 is 0. The third-order valence-electron chi connectivity index (χ3n) is 4.57. The van der Waals surface area contributed by atoms with Gasteiger partial charge in [-0.05, 0) is 29.8 Å². The summed E-state index contributed by atoms with van der Waals surface area (Å²) in [5.74, 6) is 1.82. The van der Waals surface area contributed by atoms with Gasteiger partial charge in [-0.15, -0.1) is 5.10 Å². The van der Waals surface area contributed by atoms with E-state index in [0.29, 0.717) is 35.1 Å². The highest BCUT2D eigenvalue weighted by Crippen LogP contribution is 2.32. The van der Waals surface area contributed by atoms with Gasteiger partial charge in [0, 0.05) is 24.2 Å². The molecule has 2 aromatic carbocycles. The Bertz CT molecular complexity index is 1220. The summed E-state index contributed by atoms with van der Waals surface area (Å²) in [7, 11) is 3.15. The fraction of sp³-hybridized carbons (Fsp3) is 0.143. The van der Waals surface area contributed by atoms with E-state index >= 15 is 0 Å². The number of nitrogens with one attached hydrogen (secondary N) is 1. The summed E-state index contributed by atoms with van der Waals surface area (Å²) in [5, 5.41) is 18.9. The van der Waals surface area contributed by atoms with Crippen molar-refractivity contribution < 1.29 is 14.4 Å². The lowest BCUT2D eigenvalue weighted by molar-refractivity contribution is -0.384. The molecule has 9 heteroatoms. The fourth-order valence-corrected chi connectivity index (χ4v) is 3.12. The quantitative estimate of drug-likeness (QED) is 0.367. The van der Waals surface area contributed by atoms with Crippen LogP contribution >= 0.6 is 0 Å². The van der Waals surface area contributed by atoms with Gasteiger partial charge in [-0.3, -0.25) is 10.1 Å². The van der Waals surface area contributed by atoms with E-state index in [2.05, 4.69) is 15.4 Å². The van der Waals surface area contributed by atoms with Crippen LogP contribution in [0.3, 0.4) is 0 Å². The van der Waals surface area contributed by atoms with Gasteiger partial charge in [-0.25, -0.2) is 4.98 Å². The largest absolute Gasteiger partial charge is 0.497 e. The van der Waals surface area contributed by atoms with Gasteiger partial charge >= 0.3 is 0 Å². The Balaban J connectivity index is 1.66. The van der Waals surface area contributed by atoms with Gasteiger partial charge < -0.3 is 14.8 Å². The van der Waals surface area contributed by atoms with Crippen molar-refractivity contribution in [3.05, 3.63) is 76.3 Å². The van der Waals surface area contributed by atoms with E-state index in [1.165, 1.54) is 19.2 Å². The molecule has 0 bridgehead atoms. The summed E-state index contributed by atoms with van der Waals surface area (Å²) in [5.41, 5.74) is 2.67. The minimum absolute atomic E-state index is 0.0137. The Kier molecular flexibility index (Phi) is 5.17. The predicted octanol–water partition coefficient (Wildman–Crippen LogP) is 3.93. The van der Waals surface area contributed by atoms with E-state index in [1.54, 1.807) is 23.8 Å². The summed E-state index contributed by atoms with van der Waals surface area (Å²) in [4.78, 5) is 15.2. The number of aromatic nitrogens is 3. The predicted molar refractivity (Wildman–Crippen MR) is 112 cm³/mol. The molecule has 4 aromatic rings. The number of hydrogen-bond donors (Lipinski definition) is 1. The highest BCUT2D eigenvalue weighted by molar-refractivity contribution is 5.71. The maximum absolute atomic E-state index is 11.1. The number of nitrogens with zero attached hydrogens (tertiary/aromatic N) is 4. The molecule has 2 heterocycles. The van der Waals surface area contributed by atoms with E-state index in [0.717, 1.165) is 11.3 Å². The zero-order valence-corrected chi connectivity index (χ0v) is 16.4. The maximum Gasteiger partial charge on any atom is 0.270 e. The van der Waals surface area contributed by atoms with E-state index in [4.69, 9.17) is 9.47 Å². The number of non-ortho nitro benzene ring substituents is 1. The third-order valence-corrected chi connectivity index (χ3v) is 4.57. The molecule has 152 valence electrons. The molecule has 0 atom stereocenters. The molecule has 0 unspecified atom stereocenters. The number of anilines is 1. The number of rotatable bonds is 7. The molecule has 0 aliphatic heterocycles. The molecule has 30 heavy (non-hydrogen) atoms. The topological polar surface area (TPSA) is 104 Å². The van der Waals surface area contributed by atoms with Crippen LogP contribution in [0.15, 0.2) is 60.7 Å². The van der Waals surface area contributed by atoms with Crippen LogP contribution in [0.25, 0.3) is 16.9 Å². The Morgan fingerprint density at radius 1 is 1.07 bits per heavy atom. The minimum Gasteiger partial charge on any atom is -0.497 e. The summed E-state index contributed by atoms with van der Waals surface area (Å²) in [6, 6.07) is 17.7. The van der Waals surface area contributed by atoms with E-state index < -0.39 is 4.92 Å². The van der Waals surface area contributed by atoms with Gasteiger partial charge in [0.05, 0.1) is 19.1 Å². The van der Waals surface area contributed by atoms with Crippen molar-refractivity contribution in [3.63, 3.8) is 0 Å². The highest BCUT2D eigenvalue weighted by atomic mass is 16.6. The zero-order valence-electron chi connectivity index (χ0n) is 16.4. The molecule has 9 nitrogen and oxygen atoms in total. The number of methoxy groups -OCH3 is 2. The number of nitro benzene ring substituents is 1. The van der Waals surface area contributed by atoms with Gasteiger partial charge in [0.1, 0.15) is 17.3 Å². The van der Waals surface area contributed by atoms with Gasteiger partial charge in [0.2, 0.25) is 5.88 Å². The molecule has 4 rings (SSSR count). The average Bonchev–Trinajstić information content (AvgIpc) is 3.15. The lowest BCUT2D eigenvalue weighted by atomic mass is 10.1. The van der Waals surface area contributed by atoms with Crippen LogP contribution in [-0.2, 0) is 6.54 Å². The molecule has 0 radical (unpaired) electrons. The number of fused-ring (bicyclic) bond motifs is 1. The molecule has 0 saturated heterocycles. The molecule has 0 spiro atoms. The number of imidazole rings is 1. The Labute approximate surface area is 172 Å². The number of benzene rings is 2. The maximum atomic E-state index is 11.1. The second kappa shape index (κ2) is 8.08. The van der Waals surface area contributed by atoms with E-state index in [-0.39, 0.29) is 5.69 Å². The second-order valence-corrected chi connectivity index (χ2v) is 6.47. The van der Waals surface area contributed by atoms with Gasteiger partial charge in [0.15, 0.2) is 5.65 Å². The number of hydrogen-bond acceptors (Lipinski definition) is 7. The molecule has 2 aromatic heterocycles. The summed E-state index contributed by atoms with van der Waals surface area (Å²) in [6.45, 7) is 0.560. The Hall–Kier alpha value is -4.14. The Morgan fingerprint density at radius 2 is 1.90 bits per heavy atom. The monoisotopic (exact) mass is 405 g/mol. The number of nitro groups is 1. The molecule has 0 fully saturated rings. The second-order valence-electron chi connectivity index (χ2n) is 6.47. The lowest BCUT2D eigenvalue weighted by Crippen LogP contribution is -2.05. The van der Waals surface area contributed by atoms with Crippen LogP contribution in [0.1, 0.15) is 5.56 Å². The summed E-state index contributed by atoms with van der Waals surface area (Å²) in [6.07, 6.45) is 0. The van der Waals surface area contributed by atoms with Crippen molar-refractivity contribution in [1.29, 1.82) is 0 Å². The first-order valence-corrected chi connectivity index (χ1v) is 9.14. The standard InChI is InChI=1S/C21H19N5O4/c1-29-17-8-3-5-14(11-17)13-22-18-9-10-19-23-20(21(30-2)25(19)24-18)15-6-4-7-16(12-15)26(27)28/h3-12H,13H2,1-2H3,(H,22,24). The average molecular weight is 405 g/mol. The zero-order chi connectivity index (χ0) is 21.1. The van der Waals surface area contributed by atoms with Crippen molar-refractivity contribution in [3.8, 4) is 22.9 Å². The van der Waals surface area contributed by atoms with Crippen LogP contribution in [0.2, 0.25) is 0 Å². The summed E-state index contributed by atoms with van der Waals surface area (Å²) < 4.78 is 12.3. The Morgan fingerprint density at radius 3 is 2.67 bits per heavy atom. The molecule has 0 amide bonds. The van der Waals surface area contributed by atoms with Crippen LogP contribution in [0.4, 0.5) is 11.5 Å². The van der Waals surface area contributed by atoms with Crippen molar-refractivity contribution >= 4 is 17.2 Å². The van der Waals surface area contributed by atoms with Gasteiger partial charge in [-0.2, -0.15) is 4.52 Å². The van der Waals surface area contributed by atoms with E-state index in [1.807, 2.05) is 36.4 Å². The third kappa shape index (κ3) is 3.72. The molecule has 1 N–H and O–H groups in total. The van der Waals surface area contributed by atoms with Crippen molar-refractivity contribution in [2.75, 3.05) is 19.5 Å². The molecular weight excluding hydrogens is 386 g/mol. The van der Waals surface area contributed by atoms with Crippen LogP contribution in [0, 0.1) is 10.1 Å². The number of ether oxygens (including phenoxy) is 2. The van der Waals surface area contributed by atoms with Crippen LogP contribution in [0.5, 0.6) is 11.6 Å². The smallest absolute Gasteiger partial charge is 0.270 e. The normalized spacial score (nSPS) is 10.7. The first-order chi connectivity index (χ1) is 14.6. The van der Waals surface area contributed by atoms with Crippen molar-refractivity contribution in [1.82, 2.24) is 14.6 Å². The van der Waals surface area contributed by atoms with Gasteiger partial charge in [0.25, 0.3) is 5.69 Å². The van der Waals surface area contributed by atoms with Crippen LogP contribution in [-0.4, -0.2) is 33.7 Å². The molecule has 0 aliphatic carbocycles. The molecular formula is C21H19N5O4. The fourth-order valence-electron chi connectivity index (χ4n) is 3.12. The highest BCUT2D eigenvalue weighted by Gasteiger charge is 2.18.